The molecule has 7 nitrogen and oxygen atoms in total. The summed E-state index contributed by atoms with van der Waals surface area (Å²) in [5.41, 5.74) is 13.2. The van der Waals surface area contributed by atoms with Gasteiger partial charge in [0.15, 0.2) is 5.78 Å². The van der Waals surface area contributed by atoms with Gasteiger partial charge >= 0.3 is 8.24 Å². The monoisotopic (exact) mass is 1040 g/mol. The summed E-state index contributed by atoms with van der Waals surface area (Å²) in [4.78, 5) is 14.7. The number of carbonyl (C=O) groups is 1. The van der Waals surface area contributed by atoms with Crippen LogP contribution in [0.5, 0.6) is 23.0 Å². The van der Waals surface area contributed by atoms with Gasteiger partial charge in [-0.1, -0.05) is 178 Å². The van der Waals surface area contributed by atoms with E-state index in [-0.39, 0.29) is 5.78 Å². The average molecular weight is 1040 g/mol. The molecule has 0 radical (unpaired) electrons. The van der Waals surface area contributed by atoms with Gasteiger partial charge in [-0.2, -0.15) is 0 Å². The molecule has 0 saturated heterocycles. The Labute approximate surface area is 448 Å². The van der Waals surface area contributed by atoms with Crippen LogP contribution >= 0.6 is 17.3 Å². The molecule has 0 amide bonds. The zero-order valence-corrected chi connectivity index (χ0v) is 44.9. The van der Waals surface area contributed by atoms with E-state index in [0.29, 0.717) is 58.1 Å². The largest absolute Gasteiger partial charge is 0.496 e. The van der Waals surface area contributed by atoms with E-state index >= 15 is 0 Å². The van der Waals surface area contributed by atoms with Gasteiger partial charge in [-0.05, 0) is 122 Å². The van der Waals surface area contributed by atoms with Crippen molar-refractivity contribution in [2.24, 2.45) is 0 Å². The first-order valence-corrected chi connectivity index (χ1v) is 27.9. The summed E-state index contributed by atoms with van der Waals surface area (Å²) in [5.74, 6) is 2.12. The molecule has 11 aromatic rings. The van der Waals surface area contributed by atoms with Gasteiger partial charge in [0.1, 0.15) is 34.2 Å². The van der Waals surface area contributed by atoms with Crippen molar-refractivity contribution < 1.29 is 31.5 Å². The lowest BCUT2D eigenvalue weighted by Crippen LogP contribution is -2.27. The van der Waals surface area contributed by atoms with E-state index in [9.17, 15) is 4.79 Å². The highest BCUT2D eigenvalue weighted by atomic mass is 31.1. The van der Waals surface area contributed by atoms with Gasteiger partial charge in [-0.3, -0.25) is 4.79 Å². The zero-order chi connectivity index (χ0) is 52.4. The van der Waals surface area contributed by atoms with E-state index < -0.39 is 17.3 Å². The fraction of sp³-hybridized carbons (Fsp3) is 0.103. The quantitative estimate of drug-likeness (QED) is 0.0685. The third-order valence-corrected chi connectivity index (χ3v) is 15.7. The molecule has 2 aliphatic rings. The number of ether oxygens (including phenoxy) is 1. The van der Waals surface area contributed by atoms with Crippen LogP contribution in [0.4, 0.5) is 0 Å². The number of methoxy groups -OCH3 is 1. The number of benzene rings is 10. The predicted molar refractivity (Wildman–Crippen MR) is 321 cm³/mol. The Morgan fingerprint density at radius 1 is 0.610 bits per heavy atom. The van der Waals surface area contributed by atoms with Crippen molar-refractivity contribution in [3.63, 3.8) is 0 Å². The Morgan fingerprint density at radius 3 is 1.90 bits per heavy atom. The molecule has 2 aliphatic carbocycles. The molecule has 1 atom stereocenters. The molecule has 0 saturated carbocycles. The molecule has 376 valence electrons. The van der Waals surface area contributed by atoms with E-state index in [1.807, 2.05) is 118 Å². The van der Waals surface area contributed by atoms with Crippen LogP contribution in [0.25, 0.3) is 111 Å². The molecule has 0 spiro atoms. The molecule has 13 rings (SSSR count). The molecule has 0 fully saturated rings. The maximum Gasteiger partial charge on any atom is 0.453 e. The molecule has 10 aromatic carbocycles. The molecule has 1 heterocycles. The van der Waals surface area contributed by atoms with Crippen LogP contribution in [0.3, 0.4) is 0 Å². The van der Waals surface area contributed by atoms with E-state index in [1.54, 1.807) is 7.11 Å². The number of hydrogen-bond donors (Lipinski definition) is 0. The number of carbonyl (C=O) groups excluding carboxylic acids is 1. The summed E-state index contributed by atoms with van der Waals surface area (Å²) in [6.45, 7) is 6.01. The van der Waals surface area contributed by atoms with E-state index in [4.69, 9.17) is 26.7 Å². The first-order chi connectivity index (χ1) is 38.0. The predicted octanol–water partition coefficient (Wildman–Crippen LogP) is 18.4. The second-order valence-electron chi connectivity index (χ2n) is 18.5. The third kappa shape index (κ3) is 9.00. The van der Waals surface area contributed by atoms with Crippen molar-refractivity contribution in [3.8, 4) is 45.3 Å². The van der Waals surface area contributed by atoms with Gasteiger partial charge in [0, 0.05) is 49.9 Å². The number of ketones is 1. The second kappa shape index (κ2) is 21.5. The van der Waals surface area contributed by atoms with Gasteiger partial charge in [0.2, 0.25) is 0 Å². The van der Waals surface area contributed by atoms with Crippen LogP contribution in [0.15, 0.2) is 196 Å². The fourth-order valence-corrected chi connectivity index (χ4v) is 12.4. The highest BCUT2D eigenvalue weighted by molar-refractivity contribution is 7.32. The Morgan fingerprint density at radius 2 is 1.21 bits per heavy atom. The molecule has 0 N–H and O–H groups in total. The van der Waals surface area contributed by atoms with E-state index in [2.05, 4.69) is 115 Å². The van der Waals surface area contributed by atoms with Crippen LogP contribution in [0.1, 0.15) is 61.5 Å². The van der Waals surface area contributed by atoms with Crippen molar-refractivity contribution in [2.75, 3.05) is 7.11 Å². The molecule has 0 aliphatic heterocycles. The maximum absolute atomic E-state index is 14.7. The number of hydrogen-bond acceptors (Lipinski definition) is 7. The summed E-state index contributed by atoms with van der Waals surface area (Å²) >= 11 is 0. The highest BCUT2D eigenvalue weighted by Gasteiger charge is 2.28. The van der Waals surface area contributed by atoms with Crippen LogP contribution in [0.2, 0.25) is 0 Å². The fourth-order valence-electron chi connectivity index (χ4n) is 10.7. The van der Waals surface area contributed by atoms with Gasteiger partial charge in [-0.25, -0.2) is 0 Å². The molecular formula is C68H52O7P2. The standard InChI is InChI=1S/C66H46O7P2.C2H6/c1-3-17-54(67)53-40-46-23-11-16-29-52(46)65(66(53)70-74-69-56-36-31-43-20-8-13-26-48(43)61(56)60-47-25-12-7-19-42(47)30-35-55(60)68-2)64-51-24-6-4-5-18-41(51)34-39-59(64)73-75-71-57-37-32-44-21-9-14-27-49(44)62(57)63-50-28-15-10-22-45(50)33-38-58(63)72-75;1-2/h5-7,9-16,18-19,21-40,74H,3-4,17H2,1-2H3;1-2H3. The minimum Gasteiger partial charge on any atom is -0.496 e. The normalized spacial score (nSPS) is 12.3. The molecule has 77 heavy (non-hydrogen) atoms. The SMILES string of the molecule is CC.CCCC(=O)c1cc2ccccc2c(-c2c(Op3oc4ccc5ccccc5c4c4c(ccc5ccccc54)o3)ccc3c2C=CCC=C3)c1OPOc1ccc2c(c1-c1c(OC)ccc3ccccc13)=CC=C=C=2. The van der Waals surface area contributed by atoms with Crippen molar-refractivity contribution in [3.05, 3.63) is 215 Å². The molecule has 0 bridgehead atoms. The van der Waals surface area contributed by atoms with Crippen LogP contribution in [-0.4, -0.2) is 12.9 Å². The highest BCUT2D eigenvalue weighted by Crippen LogP contribution is 2.52. The minimum atomic E-state index is -2.15. The molecule has 9 heteroatoms. The lowest BCUT2D eigenvalue weighted by Gasteiger charge is -2.22. The number of rotatable bonds is 12. The van der Waals surface area contributed by atoms with Gasteiger partial charge in [-0.15, -0.1) is 0 Å². The Balaban J connectivity index is 0.00000295. The summed E-state index contributed by atoms with van der Waals surface area (Å²) < 4.78 is 41.3. The van der Waals surface area contributed by atoms with E-state index in [0.717, 1.165) is 98.5 Å². The Hall–Kier alpha value is -8.78. The summed E-state index contributed by atoms with van der Waals surface area (Å²) in [6.07, 6.45) is 14.1. The third-order valence-electron chi connectivity index (χ3n) is 14.1. The smallest absolute Gasteiger partial charge is 0.453 e. The Bertz CT molecular complexity index is 4420. The topological polar surface area (TPSA) is 80.3 Å². The van der Waals surface area contributed by atoms with Crippen molar-refractivity contribution >= 4 is 112 Å². The van der Waals surface area contributed by atoms with Crippen LogP contribution in [0, 0.1) is 0 Å². The number of fused-ring (bicyclic) bond motifs is 11. The molecule has 1 aromatic heterocycles. The van der Waals surface area contributed by atoms with Crippen molar-refractivity contribution in [1.29, 1.82) is 0 Å². The number of allylic oxidation sites excluding steroid dienone is 3. The van der Waals surface area contributed by atoms with Gasteiger partial charge in [0.05, 0.1) is 12.7 Å². The maximum atomic E-state index is 14.7. The average Bonchev–Trinajstić information content (AvgIpc) is 3.82. The number of Topliss-reactive ketones (excluding diaryl/α,β-unsaturated/α-hetero) is 1. The van der Waals surface area contributed by atoms with E-state index in [1.165, 1.54) is 0 Å². The van der Waals surface area contributed by atoms with Crippen LogP contribution in [-0.2, 0) is 0 Å². The lowest BCUT2D eigenvalue weighted by molar-refractivity contribution is 0.0980. The first-order valence-electron chi connectivity index (χ1n) is 26.0. The van der Waals surface area contributed by atoms with Gasteiger partial charge < -0.3 is 26.7 Å². The molecule has 1 unspecified atom stereocenters. The first kappa shape index (κ1) is 49.1. The van der Waals surface area contributed by atoms with Crippen LogP contribution < -0.4 is 28.7 Å². The lowest BCUT2D eigenvalue weighted by atomic mass is 9.87. The summed E-state index contributed by atoms with van der Waals surface area (Å²) in [5, 5.41) is 11.8. The summed E-state index contributed by atoms with van der Waals surface area (Å²) in [6, 6.07) is 55.2. The van der Waals surface area contributed by atoms with Crippen molar-refractivity contribution in [2.45, 2.75) is 40.0 Å². The van der Waals surface area contributed by atoms with Crippen molar-refractivity contribution in [1.82, 2.24) is 0 Å². The second-order valence-corrected chi connectivity index (χ2v) is 20.0. The van der Waals surface area contributed by atoms with Gasteiger partial charge in [0.25, 0.3) is 9.03 Å². The zero-order valence-electron chi connectivity index (χ0n) is 43.0. The molecular weight excluding hydrogens is 991 g/mol. The minimum absolute atomic E-state index is 0.0459. The Kier molecular flexibility index (Phi) is 13.7. The summed E-state index contributed by atoms with van der Waals surface area (Å²) in [7, 11) is -1.07.